The van der Waals surface area contributed by atoms with E-state index in [1.54, 1.807) is 6.07 Å². The van der Waals surface area contributed by atoms with Crippen LogP contribution in [-0.2, 0) is 0 Å². The number of rotatable bonds is 0. The van der Waals surface area contributed by atoms with E-state index in [2.05, 4.69) is 11.8 Å². The third-order valence-corrected chi connectivity index (χ3v) is 1.80. The van der Waals surface area contributed by atoms with Crippen LogP contribution in [0.5, 0.6) is 0 Å². The fourth-order valence-corrected chi connectivity index (χ4v) is 1.10. The van der Waals surface area contributed by atoms with Gasteiger partial charge in [-0.3, -0.25) is 0 Å². The number of hydrogen-bond acceptors (Lipinski definition) is 1. The van der Waals surface area contributed by atoms with Crippen molar-refractivity contribution >= 4 is 11.3 Å². The largest absolute Gasteiger partial charge is 0.118 e. The lowest BCUT2D eigenvalue weighted by Crippen LogP contribution is -1.52. The van der Waals surface area contributed by atoms with Crippen LogP contribution in [0.15, 0.2) is 12.1 Å². The smallest absolute Gasteiger partial charge is 0.0792 e. The van der Waals surface area contributed by atoms with E-state index in [1.165, 1.54) is 11.3 Å². The summed E-state index contributed by atoms with van der Waals surface area (Å²) in [5, 5.41) is 0. The quantitative estimate of drug-likeness (QED) is 0.470. The first-order valence-electron chi connectivity index (χ1n) is 2.36. The molecule has 1 rings (SSSR count). The molecule has 9 heavy (non-hydrogen) atoms. The van der Waals surface area contributed by atoms with Crippen LogP contribution in [0.4, 0.5) is 0 Å². The van der Waals surface area contributed by atoms with Gasteiger partial charge in [-0.2, -0.15) is 0 Å². The molecule has 1 radical (unpaired) electrons. The molecule has 0 amide bonds. The molecule has 0 unspecified atom stereocenters. The van der Waals surface area contributed by atoms with Gasteiger partial charge in [-0.05, 0) is 24.5 Å². The maximum Gasteiger partial charge on any atom is 0.0792 e. The molecule has 0 fully saturated rings. The van der Waals surface area contributed by atoms with E-state index in [-0.39, 0.29) is 0 Å². The summed E-state index contributed by atoms with van der Waals surface area (Å²) in [5.41, 5.74) is 0. The molecule has 0 spiro atoms. The van der Waals surface area contributed by atoms with Gasteiger partial charge in [0.1, 0.15) is 0 Å². The summed E-state index contributed by atoms with van der Waals surface area (Å²) in [6.07, 6.45) is 11.8. The van der Waals surface area contributed by atoms with Crippen LogP contribution in [-0.4, -0.2) is 0 Å². The van der Waals surface area contributed by atoms with Gasteiger partial charge in [-0.15, -0.1) is 17.8 Å². The Morgan fingerprint density at radius 3 is 2.44 bits per heavy atom. The average Bonchev–Trinajstić information content (AvgIpc) is 2.34. The van der Waals surface area contributed by atoms with E-state index in [0.717, 1.165) is 9.75 Å². The second-order valence-electron chi connectivity index (χ2n) is 1.43. The molecule has 0 nitrogen and oxygen atoms in total. The molecular weight excluding hydrogens is 128 g/mol. The van der Waals surface area contributed by atoms with Crippen LogP contribution in [0.3, 0.4) is 0 Å². The SMILES string of the molecule is [C]#Cc1ccc(C#C)s1. The van der Waals surface area contributed by atoms with Crippen molar-refractivity contribution in [2.24, 2.45) is 0 Å². The van der Waals surface area contributed by atoms with Gasteiger partial charge in [0.25, 0.3) is 0 Å². The van der Waals surface area contributed by atoms with E-state index in [4.69, 9.17) is 12.8 Å². The number of terminal acetylenes is 1. The lowest BCUT2D eigenvalue weighted by atomic mass is 10.4. The highest BCUT2D eigenvalue weighted by molar-refractivity contribution is 7.13. The lowest BCUT2D eigenvalue weighted by molar-refractivity contribution is 1.90. The molecule has 1 aromatic rings. The minimum absolute atomic E-state index is 0.781. The van der Waals surface area contributed by atoms with Crippen LogP contribution in [0.25, 0.3) is 0 Å². The summed E-state index contributed by atoms with van der Waals surface area (Å²) in [4.78, 5) is 1.63. The van der Waals surface area contributed by atoms with Crippen LogP contribution in [0.1, 0.15) is 9.75 Å². The van der Waals surface area contributed by atoms with Gasteiger partial charge >= 0.3 is 0 Å². The molecule has 0 aliphatic carbocycles. The zero-order valence-electron chi connectivity index (χ0n) is 4.64. The van der Waals surface area contributed by atoms with E-state index in [9.17, 15) is 0 Å². The van der Waals surface area contributed by atoms with Crippen molar-refractivity contribution in [1.82, 2.24) is 0 Å². The van der Waals surface area contributed by atoms with Gasteiger partial charge in [-0.25, -0.2) is 0 Å². The van der Waals surface area contributed by atoms with Crippen molar-refractivity contribution in [3.63, 3.8) is 0 Å². The number of thiophene rings is 1. The van der Waals surface area contributed by atoms with Gasteiger partial charge in [0.15, 0.2) is 0 Å². The summed E-state index contributed by atoms with van der Waals surface area (Å²) >= 11 is 1.40. The molecule has 0 N–H and O–H groups in total. The van der Waals surface area contributed by atoms with E-state index in [0.29, 0.717) is 0 Å². The van der Waals surface area contributed by atoms with Crippen LogP contribution in [0, 0.1) is 24.7 Å². The van der Waals surface area contributed by atoms with Gasteiger partial charge in [0.05, 0.1) is 9.75 Å². The Morgan fingerprint density at radius 1 is 1.44 bits per heavy atom. The fourth-order valence-electron chi connectivity index (χ4n) is 0.483. The third-order valence-electron chi connectivity index (χ3n) is 0.871. The molecule has 1 aromatic heterocycles. The minimum Gasteiger partial charge on any atom is -0.118 e. The number of hydrogen-bond donors (Lipinski definition) is 0. The van der Waals surface area contributed by atoms with E-state index < -0.39 is 0 Å². The second kappa shape index (κ2) is 2.40. The third kappa shape index (κ3) is 1.13. The minimum atomic E-state index is 0.781. The molecule has 41 valence electrons. The fraction of sp³-hybridized carbons (Fsp3) is 0. The maximum absolute atomic E-state index is 6.72. The van der Waals surface area contributed by atoms with Crippen molar-refractivity contribution in [1.29, 1.82) is 0 Å². The lowest BCUT2D eigenvalue weighted by Gasteiger charge is -1.71. The molecule has 0 aliphatic rings. The Bertz CT molecular complexity index is 252. The van der Waals surface area contributed by atoms with Crippen molar-refractivity contribution < 1.29 is 0 Å². The summed E-state index contributed by atoms with van der Waals surface area (Å²) in [5.74, 6) is 4.73. The molecule has 0 aliphatic heterocycles. The Kier molecular flexibility index (Phi) is 1.58. The Morgan fingerprint density at radius 2 is 2.11 bits per heavy atom. The predicted octanol–water partition coefficient (Wildman–Crippen LogP) is 1.67. The zero-order valence-corrected chi connectivity index (χ0v) is 5.46. The van der Waals surface area contributed by atoms with Gasteiger partial charge in [0, 0.05) is 0 Å². The topological polar surface area (TPSA) is 0 Å². The standard InChI is InChI=1S/C8H3S/c1-3-7-5-6-8(4-2)9-7/h1,5-6H. The Labute approximate surface area is 58.5 Å². The summed E-state index contributed by atoms with van der Waals surface area (Å²) in [6, 6.07) is 3.59. The van der Waals surface area contributed by atoms with Crippen molar-refractivity contribution in [3.8, 4) is 18.3 Å². The molecule has 1 heterocycles. The molecule has 1 heteroatoms. The van der Waals surface area contributed by atoms with Crippen LogP contribution < -0.4 is 0 Å². The molecule has 0 saturated carbocycles. The second-order valence-corrected chi connectivity index (χ2v) is 2.52. The van der Waals surface area contributed by atoms with Crippen LogP contribution >= 0.6 is 11.3 Å². The first-order chi connectivity index (χ1) is 4.36. The highest BCUT2D eigenvalue weighted by atomic mass is 32.1. The van der Waals surface area contributed by atoms with Gasteiger partial charge in [-0.1, -0.05) is 5.92 Å². The molecular formula is C8H3S. The summed E-state index contributed by atoms with van der Waals surface area (Å²) in [7, 11) is 0. The summed E-state index contributed by atoms with van der Waals surface area (Å²) < 4.78 is 0. The van der Waals surface area contributed by atoms with Crippen molar-refractivity contribution in [2.45, 2.75) is 0 Å². The van der Waals surface area contributed by atoms with E-state index in [1.807, 2.05) is 6.07 Å². The van der Waals surface area contributed by atoms with Gasteiger partial charge < -0.3 is 0 Å². The zero-order chi connectivity index (χ0) is 6.69. The van der Waals surface area contributed by atoms with Gasteiger partial charge in [0.2, 0.25) is 0 Å². The normalized spacial score (nSPS) is 7.78. The van der Waals surface area contributed by atoms with Crippen molar-refractivity contribution in [2.75, 3.05) is 0 Å². The Balaban J connectivity index is 3.08. The predicted molar refractivity (Wildman–Crippen MR) is 38.5 cm³/mol. The average molecular weight is 131 g/mol. The molecule has 0 aromatic carbocycles. The first-order valence-corrected chi connectivity index (χ1v) is 3.17. The summed E-state index contributed by atoms with van der Waals surface area (Å²) in [6.45, 7) is 0. The maximum atomic E-state index is 6.72. The highest BCUT2D eigenvalue weighted by Gasteiger charge is 1.90. The molecule has 0 atom stereocenters. The molecule has 0 bridgehead atoms. The van der Waals surface area contributed by atoms with Crippen LogP contribution in [0.2, 0.25) is 0 Å². The molecule has 0 saturated heterocycles. The van der Waals surface area contributed by atoms with Crippen molar-refractivity contribution in [3.05, 3.63) is 28.3 Å². The van der Waals surface area contributed by atoms with E-state index >= 15 is 0 Å². The first kappa shape index (κ1) is 5.95. The monoisotopic (exact) mass is 131 g/mol. The highest BCUT2D eigenvalue weighted by Crippen LogP contribution is 2.12. The Hall–Kier alpha value is -1.18.